The predicted molar refractivity (Wildman–Crippen MR) is 40.8 cm³/mol. The van der Waals surface area contributed by atoms with Crippen molar-refractivity contribution in [2.75, 3.05) is 0 Å². The first kappa shape index (κ1) is 6.75. The Morgan fingerprint density at radius 1 is 1.67 bits per heavy atom. The molecular weight excluding hydrogens is 132 g/mol. The highest BCUT2D eigenvalue weighted by atomic mass is 32.1. The van der Waals surface area contributed by atoms with E-state index in [0.29, 0.717) is 0 Å². The van der Waals surface area contributed by atoms with Crippen molar-refractivity contribution in [3.63, 3.8) is 0 Å². The van der Waals surface area contributed by atoms with Crippen LogP contribution in [0.5, 0.6) is 0 Å². The lowest BCUT2D eigenvalue weighted by molar-refractivity contribution is 0.530. The van der Waals surface area contributed by atoms with E-state index >= 15 is 0 Å². The van der Waals surface area contributed by atoms with Gasteiger partial charge in [0.1, 0.15) is 5.76 Å². The summed E-state index contributed by atoms with van der Waals surface area (Å²) in [7, 11) is 0. The smallest absolute Gasteiger partial charge is 0.104 e. The van der Waals surface area contributed by atoms with Gasteiger partial charge >= 0.3 is 0 Å². The Bertz CT molecular complexity index is 191. The maximum Gasteiger partial charge on any atom is 0.104 e. The van der Waals surface area contributed by atoms with Crippen LogP contribution in [0.15, 0.2) is 16.7 Å². The first-order valence-electron chi connectivity index (χ1n) is 2.94. The van der Waals surface area contributed by atoms with Crippen LogP contribution in [0.3, 0.4) is 0 Å². The minimum atomic E-state index is 0.281. The maximum absolute atomic E-state index is 5.08. The van der Waals surface area contributed by atoms with Crippen molar-refractivity contribution in [2.45, 2.75) is 19.1 Å². The monoisotopic (exact) mass is 142 g/mol. The summed E-state index contributed by atoms with van der Waals surface area (Å²) in [6, 6.07) is 1.95. The molecule has 1 nitrogen and oxygen atoms in total. The molecule has 0 N–H and O–H groups in total. The summed E-state index contributed by atoms with van der Waals surface area (Å²) in [5, 5.41) is 0.281. The van der Waals surface area contributed by atoms with Gasteiger partial charge in [0.15, 0.2) is 0 Å². The topological polar surface area (TPSA) is 13.1 Å². The molecule has 1 atom stereocenters. The molecule has 0 saturated heterocycles. The number of hydrogen-bond donors (Lipinski definition) is 1. The van der Waals surface area contributed by atoms with E-state index in [1.165, 1.54) is 5.56 Å². The molecule has 0 aromatic carbocycles. The molecule has 0 spiro atoms. The lowest BCUT2D eigenvalue weighted by Crippen LogP contribution is -1.81. The second kappa shape index (κ2) is 2.48. The van der Waals surface area contributed by atoms with Gasteiger partial charge in [0.05, 0.1) is 6.26 Å². The number of thiol groups is 1. The van der Waals surface area contributed by atoms with Gasteiger partial charge in [-0.05, 0) is 19.9 Å². The SMILES string of the molecule is Cc1occc1C(C)S. The first-order valence-corrected chi connectivity index (χ1v) is 3.45. The normalized spacial score (nSPS) is 13.7. The van der Waals surface area contributed by atoms with Crippen LogP contribution in [0.1, 0.15) is 23.5 Å². The van der Waals surface area contributed by atoms with Crippen LogP contribution in [-0.4, -0.2) is 0 Å². The summed E-state index contributed by atoms with van der Waals surface area (Å²) in [6.07, 6.45) is 1.69. The van der Waals surface area contributed by atoms with Gasteiger partial charge in [-0.25, -0.2) is 0 Å². The summed E-state index contributed by atoms with van der Waals surface area (Å²) < 4.78 is 5.08. The van der Waals surface area contributed by atoms with E-state index in [1.54, 1.807) is 6.26 Å². The molecule has 9 heavy (non-hydrogen) atoms. The highest BCUT2D eigenvalue weighted by Crippen LogP contribution is 2.22. The lowest BCUT2D eigenvalue weighted by Gasteiger charge is -1.98. The van der Waals surface area contributed by atoms with Crippen molar-refractivity contribution in [3.8, 4) is 0 Å². The zero-order chi connectivity index (χ0) is 6.85. The summed E-state index contributed by atoms with van der Waals surface area (Å²) in [5.74, 6) is 0.970. The minimum Gasteiger partial charge on any atom is -0.469 e. The van der Waals surface area contributed by atoms with Crippen molar-refractivity contribution in [2.24, 2.45) is 0 Å². The van der Waals surface area contributed by atoms with Gasteiger partial charge in [-0.3, -0.25) is 0 Å². The lowest BCUT2D eigenvalue weighted by atomic mass is 10.2. The van der Waals surface area contributed by atoms with Crippen molar-refractivity contribution in [1.29, 1.82) is 0 Å². The molecular formula is C7H10OS. The van der Waals surface area contributed by atoms with Crippen LogP contribution >= 0.6 is 12.6 Å². The van der Waals surface area contributed by atoms with E-state index in [-0.39, 0.29) is 5.25 Å². The Labute approximate surface area is 60.5 Å². The Hall–Kier alpha value is -0.370. The standard InChI is InChI=1S/C7H10OS/c1-5-7(6(2)9)3-4-8-5/h3-4,6,9H,1-2H3. The molecule has 50 valence electrons. The number of rotatable bonds is 1. The zero-order valence-corrected chi connectivity index (χ0v) is 6.48. The van der Waals surface area contributed by atoms with Crippen LogP contribution in [0.25, 0.3) is 0 Å². The highest BCUT2D eigenvalue weighted by molar-refractivity contribution is 7.80. The molecule has 1 aromatic rings. The largest absolute Gasteiger partial charge is 0.469 e. The molecule has 0 fully saturated rings. The molecule has 0 aliphatic heterocycles. The summed E-state index contributed by atoms with van der Waals surface area (Å²) in [4.78, 5) is 0. The van der Waals surface area contributed by atoms with Gasteiger partial charge < -0.3 is 4.42 Å². The molecule has 1 unspecified atom stereocenters. The summed E-state index contributed by atoms with van der Waals surface area (Å²) >= 11 is 4.26. The molecule has 0 amide bonds. The molecule has 2 heteroatoms. The molecule has 0 aliphatic carbocycles. The minimum absolute atomic E-state index is 0.281. The zero-order valence-electron chi connectivity index (χ0n) is 5.59. The van der Waals surface area contributed by atoms with Gasteiger partial charge in [0.2, 0.25) is 0 Å². The molecule has 1 heterocycles. The Morgan fingerprint density at radius 3 is 2.56 bits per heavy atom. The molecule has 0 saturated carbocycles. The molecule has 0 radical (unpaired) electrons. The molecule has 0 aliphatic rings. The third-order valence-corrected chi connectivity index (χ3v) is 1.63. The predicted octanol–water partition coefficient (Wildman–Crippen LogP) is 2.58. The van der Waals surface area contributed by atoms with Gasteiger partial charge in [-0.1, -0.05) is 0 Å². The average Bonchev–Trinajstić information content (AvgIpc) is 2.13. The fraction of sp³-hybridized carbons (Fsp3) is 0.429. The second-order valence-electron chi connectivity index (χ2n) is 2.11. The van der Waals surface area contributed by atoms with Crippen LogP contribution in [0.2, 0.25) is 0 Å². The van der Waals surface area contributed by atoms with Crippen molar-refractivity contribution < 1.29 is 4.42 Å². The van der Waals surface area contributed by atoms with Gasteiger partial charge in [0, 0.05) is 10.8 Å². The van der Waals surface area contributed by atoms with Crippen LogP contribution in [0, 0.1) is 6.92 Å². The quantitative estimate of drug-likeness (QED) is 0.595. The van der Waals surface area contributed by atoms with E-state index in [0.717, 1.165) is 5.76 Å². The molecule has 1 aromatic heterocycles. The van der Waals surface area contributed by atoms with E-state index in [2.05, 4.69) is 12.6 Å². The van der Waals surface area contributed by atoms with Crippen molar-refractivity contribution in [1.82, 2.24) is 0 Å². The Morgan fingerprint density at radius 2 is 2.33 bits per heavy atom. The molecule has 0 bridgehead atoms. The van der Waals surface area contributed by atoms with E-state index in [1.807, 2.05) is 19.9 Å². The Balaban J connectivity index is 2.94. The third-order valence-electron chi connectivity index (χ3n) is 1.35. The number of hydrogen-bond acceptors (Lipinski definition) is 2. The van der Waals surface area contributed by atoms with Crippen molar-refractivity contribution in [3.05, 3.63) is 23.7 Å². The highest BCUT2D eigenvalue weighted by Gasteiger charge is 2.04. The Kier molecular flexibility index (Phi) is 1.86. The maximum atomic E-state index is 5.08. The van der Waals surface area contributed by atoms with Gasteiger partial charge in [0.25, 0.3) is 0 Å². The fourth-order valence-corrected chi connectivity index (χ4v) is 1.10. The third kappa shape index (κ3) is 1.30. The van der Waals surface area contributed by atoms with E-state index in [9.17, 15) is 0 Å². The second-order valence-corrected chi connectivity index (χ2v) is 2.88. The van der Waals surface area contributed by atoms with Gasteiger partial charge in [-0.15, -0.1) is 0 Å². The first-order chi connectivity index (χ1) is 4.22. The van der Waals surface area contributed by atoms with Crippen LogP contribution in [-0.2, 0) is 0 Å². The summed E-state index contributed by atoms with van der Waals surface area (Å²) in [6.45, 7) is 3.98. The van der Waals surface area contributed by atoms with Crippen LogP contribution < -0.4 is 0 Å². The average molecular weight is 142 g/mol. The van der Waals surface area contributed by atoms with E-state index < -0.39 is 0 Å². The van der Waals surface area contributed by atoms with Gasteiger partial charge in [-0.2, -0.15) is 12.6 Å². The van der Waals surface area contributed by atoms with Crippen LogP contribution in [0.4, 0.5) is 0 Å². The number of furan rings is 1. The summed E-state index contributed by atoms with van der Waals surface area (Å²) in [5.41, 5.74) is 1.18. The molecule has 1 rings (SSSR count). The van der Waals surface area contributed by atoms with E-state index in [4.69, 9.17) is 4.42 Å². The van der Waals surface area contributed by atoms with Crippen molar-refractivity contribution >= 4 is 12.6 Å². The fourth-order valence-electron chi connectivity index (χ4n) is 0.828. The number of aryl methyl sites for hydroxylation is 1.